The predicted octanol–water partition coefficient (Wildman–Crippen LogP) is 0.861. The lowest BCUT2D eigenvalue weighted by Gasteiger charge is -2.28. The Balaban J connectivity index is 2.03. The number of aryl methyl sites for hydroxylation is 1. The molecule has 25 heavy (non-hydrogen) atoms. The average Bonchev–Trinajstić information content (AvgIpc) is 2.93. The van der Waals surface area contributed by atoms with Gasteiger partial charge < -0.3 is 10.6 Å². The van der Waals surface area contributed by atoms with E-state index in [1.807, 2.05) is 19.0 Å². The summed E-state index contributed by atoms with van der Waals surface area (Å²) in [5.41, 5.74) is 8.79. The highest BCUT2D eigenvalue weighted by Crippen LogP contribution is 2.36. The molecule has 128 valence electrons. The molecule has 1 aromatic heterocycles. The van der Waals surface area contributed by atoms with E-state index >= 15 is 0 Å². The maximum atomic E-state index is 13.0. The Hall–Kier alpha value is -3.00. The number of carbonyl (C=O) groups excluding carboxylic acids is 2. The number of carbonyl (C=O) groups is 2. The third-order valence-corrected chi connectivity index (χ3v) is 4.54. The molecule has 2 aromatic carbocycles. The zero-order valence-electron chi connectivity index (χ0n) is 14.3. The van der Waals surface area contributed by atoms with Gasteiger partial charge in [0.2, 0.25) is 0 Å². The molecular formula is C17H18N6O2. The summed E-state index contributed by atoms with van der Waals surface area (Å²) < 4.78 is 1.63. The number of hydrogen-bond acceptors (Lipinski definition) is 6. The van der Waals surface area contributed by atoms with Crippen molar-refractivity contribution in [3.05, 3.63) is 29.3 Å². The highest BCUT2D eigenvalue weighted by Gasteiger charge is 2.34. The molecule has 2 heterocycles. The summed E-state index contributed by atoms with van der Waals surface area (Å²) in [6, 6.07) is 5.12. The number of benzene rings is 2. The van der Waals surface area contributed by atoms with Gasteiger partial charge in [-0.2, -0.15) is 0 Å². The zero-order chi connectivity index (χ0) is 17.9. The van der Waals surface area contributed by atoms with E-state index in [0.717, 1.165) is 10.9 Å². The van der Waals surface area contributed by atoms with Crippen LogP contribution < -0.4 is 5.73 Å². The summed E-state index contributed by atoms with van der Waals surface area (Å²) in [5, 5.41) is 9.51. The number of likely N-dealkylation sites (N-methyl/N-ethyl adjacent to an activating group) is 1. The summed E-state index contributed by atoms with van der Waals surface area (Å²) in [7, 11) is 5.57. The van der Waals surface area contributed by atoms with Gasteiger partial charge in [-0.15, -0.1) is 5.10 Å². The second-order valence-corrected chi connectivity index (χ2v) is 6.56. The highest BCUT2D eigenvalue weighted by molar-refractivity contribution is 6.29. The van der Waals surface area contributed by atoms with Crippen LogP contribution in [0.2, 0.25) is 0 Å². The van der Waals surface area contributed by atoms with Crippen molar-refractivity contribution in [1.29, 1.82) is 0 Å². The largest absolute Gasteiger partial charge is 0.399 e. The summed E-state index contributed by atoms with van der Waals surface area (Å²) >= 11 is 0. The van der Waals surface area contributed by atoms with E-state index in [0.29, 0.717) is 40.8 Å². The molecule has 8 nitrogen and oxygen atoms in total. The highest BCUT2D eigenvalue weighted by atomic mass is 16.2. The zero-order valence-corrected chi connectivity index (χ0v) is 14.3. The van der Waals surface area contributed by atoms with Gasteiger partial charge >= 0.3 is 0 Å². The first kappa shape index (κ1) is 15.5. The maximum Gasteiger partial charge on any atom is 0.261 e. The van der Waals surface area contributed by atoms with Gasteiger partial charge in [0, 0.05) is 36.6 Å². The van der Waals surface area contributed by atoms with Crippen molar-refractivity contribution < 1.29 is 9.59 Å². The van der Waals surface area contributed by atoms with Crippen LogP contribution in [0, 0.1) is 0 Å². The summed E-state index contributed by atoms with van der Waals surface area (Å²) in [5.74, 6) is -0.618. The Bertz CT molecular complexity index is 1050. The summed E-state index contributed by atoms with van der Waals surface area (Å²) in [6.07, 6.45) is 0. The van der Waals surface area contributed by atoms with Crippen molar-refractivity contribution in [2.45, 2.75) is 0 Å². The van der Waals surface area contributed by atoms with E-state index in [9.17, 15) is 9.59 Å². The number of imide groups is 1. The Morgan fingerprint density at radius 1 is 1.12 bits per heavy atom. The number of hydrogen-bond donors (Lipinski definition) is 1. The van der Waals surface area contributed by atoms with E-state index in [2.05, 4.69) is 10.3 Å². The fourth-order valence-corrected chi connectivity index (χ4v) is 3.36. The number of aromatic nitrogens is 3. The fraction of sp³-hybridized carbons (Fsp3) is 0.294. The Morgan fingerprint density at radius 3 is 2.48 bits per heavy atom. The molecule has 4 rings (SSSR count). The normalized spacial score (nSPS) is 14.3. The quantitative estimate of drug-likeness (QED) is 0.562. The van der Waals surface area contributed by atoms with E-state index in [1.54, 1.807) is 29.9 Å². The van der Waals surface area contributed by atoms with Gasteiger partial charge in [0.05, 0.1) is 16.6 Å². The molecule has 0 aliphatic carbocycles. The minimum atomic E-state index is -0.314. The van der Waals surface area contributed by atoms with Crippen molar-refractivity contribution in [3.63, 3.8) is 0 Å². The van der Waals surface area contributed by atoms with Crippen molar-refractivity contribution in [1.82, 2.24) is 24.8 Å². The van der Waals surface area contributed by atoms with Crippen LogP contribution in [-0.4, -0.2) is 63.8 Å². The van der Waals surface area contributed by atoms with Crippen LogP contribution in [0.3, 0.4) is 0 Å². The van der Waals surface area contributed by atoms with Gasteiger partial charge in [0.25, 0.3) is 11.8 Å². The van der Waals surface area contributed by atoms with Crippen molar-refractivity contribution in [3.8, 4) is 0 Å². The molecule has 0 spiro atoms. The van der Waals surface area contributed by atoms with Crippen molar-refractivity contribution in [2.24, 2.45) is 7.05 Å². The van der Waals surface area contributed by atoms with Crippen LogP contribution >= 0.6 is 0 Å². The number of anilines is 1. The molecule has 2 N–H and O–H groups in total. The molecule has 0 atom stereocenters. The van der Waals surface area contributed by atoms with Gasteiger partial charge in [-0.25, -0.2) is 4.68 Å². The Morgan fingerprint density at radius 2 is 1.80 bits per heavy atom. The molecule has 0 saturated carbocycles. The molecule has 1 aliphatic rings. The molecule has 0 fully saturated rings. The smallest absolute Gasteiger partial charge is 0.261 e. The minimum Gasteiger partial charge on any atom is -0.399 e. The monoisotopic (exact) mass is 338 g/mol. The van der Waals surface area contributed by atoms with E-state index in [-0.39, 0.29) is 11.8 Å². The molecule has 3 aromatic rings. The predicted molar refractivity (Wildman–Crippen MR) is 94.3 cm³/mol. The van der Waals surface area contributed by atoms with Crippen LogP contribution in [0.25, 0.3) is 21.8 Å². The molecule has 0 unspecified atom stereocenters. The number of fused-ring (bicyclic) bond motifs is 2. The lowest BCUT2D eigenvalue weighted by Crippen LogP contribution is -2.43. The summed E-state index contributed by atoms with van der Waals surface area (Å²) in [6.45, 7) is 0.907. The number of rotatable bonds is 3. The van der Waals surface area contributed by atoms with E-state index < -0.39 is 0 Å². The Labute approximate surface area is 143 Å². The first-order valence-electron chi connectivity index (χ1n) is 7.95. The molecular weight excluding hydrogens is 320 g/mol. The van der Waals surface area contributed by atoms with Crippen LogP contribution in [0.4, 0.5) is 5.69 Å². The minimum absolute atomic E-state index is 0.304. The van der Waals surface area contributed by atoms with Gasteiger partial charge in [-0.3, -0.25) is 14.5 Å². The second-order valence-electron chi connectivity index (χ2n) is 6.56. The molecule has 8 heteroatoms. The molecule has 0 radical (unpaired) electrons. The molecule has 0 bridgehead atoms. The van der Waals surface area contributed by atoms with Crippen molar-refractivity contribution in [2.75, 3.05) is 32.9 Å². The third kappa shape index (κ3) is 2.18. The number of amides is 2. The van der Waals surface area contributed by atoms with Crippen molar-refractivity contribution >= 4 is 39.3 Å². The average molecular weight is 338 g/mol. The molecule has 0 saturated heterocycles. The van der Waals surface area contributed by atoms with Gasteiger partial charge in [-0.1, -0.05) is 5.21 Å². The maximum absolute atomic E-state index is 13.0. The Kier molecular flexibility index (Phi) is 3.26. The fourth-order valence-electron chi connectivity index (χ4n) is 3.36. The van der Waals surface area contributed by atoms with Gasteiger partial charge in [0.15, 0.2) is 0 Å². The second kappa shape index (κ2) is 5.25. The molecule has 2 amide bonds. The SMILES string of the molecule is CN(C)CCN1C(=O)c2cc(N)cc3c2c(cc2nnn(C)c23)C1=O. The third-order valence-electron chi connectivity index (χ3n) is 4.54. The first-order valence-corrected chi connectivity index (χ1v) is 7.95. The van der Waals surface area contributed by atoms with Gasteiger partial charge in [-0.05, 0) is 32.3 Å². The van der Waals surface area contributed by atoms with E-state index in [4.69, 9.17) is 5.73 Å². The lowest BCUT2D eigenvalue weighted by atomic mass is 9.92. The summed E-state index contributed by atoms with van der Waals surface area (Å²) in [4.78, 5) is 29.1. The molecule has 1 aliphatic heterocycles. The number of nitrogen functional groups attached to an aromatic ring is 1. The first-order chi connectivity index (χ1) is 11.9. The van der Waals surface area contributed by atoms with Crippen LogP contribution in [0.5, 0.6) is 0 Å². The van der Waals surface area contributed by atoms with Gasteiger partial charge in [0.1, 0.15) is 5.52 Å². The van der Waals surface area contributed by atoms with Crippen LogP contribution in [0.15, 0.2) is 18.2 Å². The standard InChI is InChI=1S/C17H18N6O2/c1-21(2)4-5-23-16(24)11-7-9(18)6-10-14(11)12(17(23)25)8-13-15(10)22(3)20-19-13/h6-8H,4-5,18H2,1-3H3. The number of nitrogens with two attached hydrogens (primary N) is 1. The van der Waals surface area contributed by atoms with Crippen LogP contribution in [-0.2, 0) is 7.05 Å². The van der Waals surface area contributed by atoms with Crippen LogP contribution in [0.1, 0.15) is 20.7 Å². The topological polar surface area (TPSA) is 97.3 Å². The number of nitrogens with zero attached hydrogens (tertiary/aromatic N) is 5. The lowest BCUT2D eigenvalue weighted by molar-refractivity contribution is 0.0601. The van der Waals surface area contributed by atoms with E-state index in [1.165, 1.54) is 4.90 Å².